The van der Waals surface area contributed by atoms with Gasteiger partial charge in [-0.25, -0.2) is 0 Å². The molecule has 1 aliphatic heterocycles. The van der Waals surface area contributed by atoms with Crippen molar-refractivity contribution in [3.05, 3.63) is 101 Å². The summed E-state index contributed by atoms with van der Waals surface area (Å²) in [6.45, 7) is 1.76. The largest absolute Gasteiger partial charge is 0.416 e. The van der Waals surface area contributed by atoms with Gasteiger partial charge < -0.3 is 9.88 Å². The number of hydrogen-bond donors (Lipinski definition) is 1. The predicted molar refractivity (Wildman–Crippen MR) is 157 cm³/mol. The number of benzene rings is 2. The molecule has 0 aliphatic carbocycles. The number of nitrogens with zero attached hydrogens (tertiary/aromatic N) is 3. The molecule has 232 valence electrons. The minimum Gasteiger partial charge on any atom is -0.361 e. The second-order valence-electron chi connectivity index (χ2n) is 10.2. The lowest BCUT2D eigenvalue weighted by molar-refractivity contribution is -0.143. The minimum absolute atomic E-state index is 0. The van der Waals surface area contributed by atoms with Gasteiger partial charge in [0.05, 0.1) is 11.1 Å². The number of fused-ring (bicyclic) bond motifs is 1. The molecule has 43 heavy (non-hydrogen) atoms. The zero-order valence-corrected chi connectivity index (χ0v) is 24.4. The maximum Gasteiger partial charge on any atom is 0.416 e. The smallest absolute Gasteiger partial charge is 0.361 e. The van der Waals surface area contributed by atoms with Gasteiger partial charge in [-0.05, 0) is 67.8 Å². The van der Waals surface area contributed by atoms with Crippen LogP contribution in [-0.4, -0.2) is 57.9 Å². The molecule has 2 aromatic heterocycles. The number of carbonyl (C=O) groups excluding carboxylic acids is 1. The van der Waals surface area contributed by atoms with Crippen LogP contribution in [0.2, 0.25) is 0 Å². The molecule has 1 saturated heterocycles. The molecule has 0 bridgehead atoms. The van der Waals surface area contributed by atoms with E-state index in [9.17, 15) is 31.1 Å². The highest BCUT2D eigenvalue weighted by molar-refractivity contribution is 5.95. The van der Waals surface area contributed by atoms with Crippen LogP contribution in [0.4, 0.5) is 26.3 Å². The Morgan fingerprint density at radius 3 is 2.23 bits per heavy atom. The number of rotatable bonds is 7. The average Bonchev–Trinajstić information content (AvgIpc) is 3.35. The van der Waals surface area contributed by atoms with Gasteiger partial charge in [-0.2, -0.15) is 26.3 Å². The molecular weight excluding hydrogens is 617 g/mol. The van der Waals surface area contributed by atoms with E-state index in [2.05, 4.69) is 14.9 Å². The molecule has 1 aliphatic rings. The minimum atomic E-state index is -5.04. The van der Waals surface area contributed by atoms with E-state index in [1.807, 2.05) is 48.7 Å². The van der Waals surface area contributed by atoms with Crippen molar-refractivity contribution in [2.75, 3.05) is 26.2 Å². The fourth-order valence-corrected chi connectivity index (χ4v) is 5.39. The van der Waals surface area contributed by atoms with Crippen molar-refractivity contribution in [2.24, 2.45) is 0 Å². The number of pyridine rings is 1. The van der Waals surface area contributed by atoms with E-state index >= 15 is 0 Å². The van der Waals surface area contributed by atoms with E-state index in [-0.39, 0.29) is 37.4 Å². The number of aryl methyl sites for hydroxylation is 1. The predicted octanol–water partition coefficient (Wildman–Crippen LogP) is 7.45. The molecule has 1 atom stereocenters. The van der Waals surface area contributed by atoms with Gasteiger partial charge in [0.25, 0.3) is 5.91 Å². The number of para-hydroxylation sites is 1. The number of aromatic amines is 1. The van der Waals surface area contributed by atoms with Gasteiger partial charge in [0.2, 0.25) is 0 Å². The molecule has 0 saturated carbocycles. The van der Waals surface area contributed by atoms with Gasteiger partial charge in [-0.3, -0.25) is 14.7 Å². The van der Waals surface area contributed by atoms with E-state index in [1.165, 1.54) is 4.90 Å². The summed E-state index contributed by atoms with van der Waals surface area (Å²) in [4.78, 5) is 24.8. The molecule has 4 aromatic rings. The number of hydrogen-bond acceptors (Lipinski definition) is 3. The summed E-state index contributed by atoms with van der Waals surface area (Å²) >= 11 is 0. The third-order valence-electron chi connectivity index (χ3n) is 7.43. The highest BCUT2D eigenvalue weighted by Crippen LogP contribution is 2.37. The lowest BCUT2D eigenvalue weighted by Gasteiger charge is -2.42. The Balaban J connectivity index is 0.00000253. The third-order valence-corrected chi connectivity index (χ3v) is 7.43. The highest BCUT2D eigenvalue weighted by Gasteiger charge is 2.39. The Kier molecular flexibility index (Phi) is 11.1. The zero-order valence-electron chi connectivity index (χ0n) is 22.8. The first-order valence-corrected chi connectivity index (χ1v) is 13.3. The van der Waals surface area contributed by atoms with E-state index in [0.29, 0.717) is 38.2 Å². The van der Waals surface area contributed by atoms with Crippen LogP contribution < -0.4 is 0 Å². The summed E-state index contributed by atoms with van der Waals surface area (Å²) in [5, 5.41) is 0.950. The Hall–Kier alpha value is -3.28. The molecule has 0 spiro atoms. The summed E-state index contributed by atoms with van der Waals surface area (Å²) in [6, 6.07) is 13.9. The first-order chi connectivity index (χ1) is 19.5. The summed E-state index contributed by atoms with van der Waals surface area (Å²) in [5.41, 5.74) is -0.856. The van der Waals surface area contributed by atoms with Crippen molar-refractivity contribution in [3.63, 3.8) is 0 Å². The SMILES string of the molecule is Cl.Cl.O=C(c1cc(C(F)(F)F)cc(C(F)(F)F)c1)N1CCN(CCCc2ccccn2)C[C@H]1Cc1c[nH]c2ccccc12. The van der Waals surface area contributed by atoms with Gasteiger partial charge in [0.1, 0.15) is 0 Å². The van der Waals surface area contributed by atoms with E-state index in [0.717, 1.165) is 35.0 Å². The highest BCUT2D eigenvalue weighted by atomic mass is 35.5. The van der Waals surface area contributed by atoms with Gasteiger partial charge in [-0.15, -0.1) is 24.8 Å². The average molecular weight is 647 g/mol. The summed E-state index contributed by atoms with van der Waals surface area (Å²) in [6.07, 6.45) is -4.55. The molecule has 1 amide bonds. The lowest BCUT2D eigenvalue weighted by Crippen LogP contribution is -2.56. The number of alkyl halides is 6. The molecule has 0 radical (unpaired) electrons. The Labute approximate surface area is 257 Å². The van der Waals surface area contributed by atoms with Crippen molar-refractivity contribution in [1.29, 1.82) is 0 Å². The van der Waals surface area contributed by atoms with Gasteiger partial charge in [-0.1, -0.05) is 24.3 Å². The third kappa shape index (κ3) is 8.21. The number of halogens is 8. The molecule has 13 heteroatoms. The maximum absolute atomic E-state index is 13.6. The fraction of sp³-hybridized carbons (Fsp3) is 0.333. The first-order valence-electron chi connectivity index (χ1n) is 13.3. The van der Waals surface area contributed by atoms with Crippen molar-refractivity contribution >= 4 is 41.6 Å². The Bertz CT molecular complexity index is 1480. The summed E-state index contributed by atoms with van der Waals surface area (Å²) in [5.74, 6) is -0.848. The molecular formula is C30H30Cl2F6N4O. The van der Waals surface area contributed by atoms with Crippen LogP contribution in [0, 0.1) is 0 Å². The monoisotopic (exact) mass is 646 g/mol. The molecule has 0 unspecified atom stereocenters. The first kappa shape index (κ1) is 34.2. The van der Waals surface area contributed by atoms with Crippen molar-refractivity contribution in [1.82, 2.24) is 19.8 Å². The van der Waals surface area contributed by atoms with Crippen LogP contribution in [0.1, 0.15) is 39.2 Å². The maximum atomic E-state index is 13.6. The lowest BCUT2D eigenvalue weighted by atomic mass is 9.98. The molecule has 1 N–H and O–H groups in total. The number of amides is 1. The normalized spacial score (nSPS) is 16.0. The Morgan fingerprint density at radius 1 is 0.907 bits per heavy atom. The van der Waals surface area contributed by atoms with E-state index in [1.54, 1.807) is 6.20 Å². The van der Waals surface area contributed by atoms with Crippen LogP contribution in [0.25, 0.3) is 10.9 Å². The number of aromatic nitrogens is 2. The molecule has 1 fully saturated rings. The van der Waals surface area contributed by atoms with Crippen LogP contribution in [-0.2, 0) is 25.2 Å². The number of piperazine rings is 1. The quantitative estimate of drug-likeness (QED) is 0.212. The van der Waals surface area contributed by atoms with Crippen LogP contribution >= 0.6 is 24.8 Å². The second-order valence-corrected chi connectivity index (χ2v) is 10.2. The van der Waals surface area contributed by atoms with Gasteiger partial charge in [0, 0.05) is 60.2 Å². The Morgan fingerprint density at radius 2 is 1.58 bits per heavy atom. The summed E-state index contributed by atoms with van der Waals surface area (Å²) < 4.78 is 81.0. The van der Waals surface area contributed by atoms with Gasteiger partial charge >= 0.3 is 12.4 Å². The number of carbonyl (C=O) groups is 1. The van der Waals surface area contributed by atoms with Crippen LogP contribution in [0.5, 0.6) is 0 Å². The van der Waals surface area contributed by atoms with Crippen LogP contribution in [0.15, 0.2) is 73.1 Å². The number of H-pyrrole nitrogens is 1. The molecule has 2 aromatic carbocycles. The molecule has 5 nitrogen and oxygen atoms in total. The van der Waals surface area contributed by atoms with Crippen molar-refractivity contribution in [3.8, 4) is 0 Å². The molecule has 5 rings (SSSR count). The van der Waals surface area contributed by atoms with E-state index < -0.39 is 41.0 Å². The van der Waals surface area contributed by atoms with Crippen molar-refractivity contribution in [2.45, 2.75) is 37.7 Å². The second kappa shape index (κ2) is 14.0. The van der Waals surface area contributed by atoms with E-state index in [4.69, 9.17) is 0 Å². The fourth-order valence-electron chi connectivity index (χ4n) is 5.39. The van der Waals surface area contributed by atoms with Crippen LogP contribution in [0.3, 0.4) is 0 Å². The standard InChI is InChI=1S/C30H28F6N4O.2ClH/c31-29(32,33)22-14-20(15-23(17-22)30(34,35)36)28(41)40-13-12-39(11-5-7-24-6-3-4-10-37-24)19-25(40)16-21-18-38-27-9-2-1-8-26(21)27;;/h1-4,6,8-10,14-15,17-18,25,38H,5,7,11-13,16,19H2;2*1H/t25-;;/m1../s1. The molecule has 3 heterocycles. The topological polar surface area (TPSA) is 52.2 Å². The van der Waals surface area contributed by atoms with Gasteiger partial charge in [0.15, 0.2) is 0 Å². The summed E-state index contributed by atoms with van der Waals surface area (Å²) in [7, 11) is 0. The zero-order chi connectivity index (χ0) is 29.2. The number of nitrogens with one attached hydrogen (secondary N) is 1. The van der Waals surface area contributed by atoms with Crippen molar-refractivity contribution < 1.29 is 31.1 Å².